The average molecular weight is 440 g/mol. The summed E-state index contributed by atoms with van der Waals surface area (Å²) in [4.78, 5) is 57.4. The maximum atomic E-state index is 13.7. The van der Waals surface area contributed by atoms with Crippen molar-refractivity contribution < 1.29 is 23.9 Å². The zero-order valence-corrected chi connectivity index (χ0v) is 18.6. The number of hydrogen-bond donors (Lipinski definition) is 0. The summed E-state index contributed by atoms with van der Waals surface area (Å²) in [5, 5.41) is 0. The standard InChI is InChI=1S/C24H29N3O5/c1-24-12-11-20(28)27(24)18-10-6-4-8-16(18)22(30)25(24)14-21(29)26-17-9-5-3-7-15(17)13-19(26)23(31)32-2/h4,6,8,10,15,17,19H,3,5,7,9,11-14H2,1-2H3. The molecule has 0 aromatic heterocycles. The van der Waals surface area contributed by atoms with E-state index in [4.69, 9.17) is 4.74 Å². The Bertz CT molecular complexity index is 994. The number of nitrogens with zero attached hydrogens (tertiary/aromatic N) is 3. The lowest BCUT2D eigenvalue weighted by Gasteiger charge is -2.49. The van der Waals surface area contributed by atoms with E-state index in [2.05, 4.69) is 0 Å². The number of para-hydroxylation sites is 1. The van der Waals surface area contributed by atoms with Gasteiger partial charge in [0, 0.05) is 12.5 Å². The summed E-state index contributed by atoms with van der Waals surface area (Å²) in [5.41, 5.74) is 0.131. The molecular weight excluding hydrogens is 410 g/mol. The van der Waals surface area contributed by atoms with Crippen LogP contribution in [0.3, 0.4) is 0 Å². The SMILES string of the molecule is COC(=O)C1CC2CCCCC2N1C(=O)CN1C(=O)c2ccccc2N2C(=O)CCC12C. The second-order valence-corrected chi connectivity index (χ2v) is 9.54. The number of methoxy groups -OCH3 is 1. The Morgan fingerprint density at radius 3 is 2.69 bits per heavy atom. The van der Waals surface area contributed by atoms with Gasteiger partial charge >= 0.3 is 5.97 Å². The number of rotatable bonds is 3. The molecule has 5 rings (SSSR count). The Kier molecular flexibility index (Phi) is 4.98. The van der Waals surface area contributed by atoms with Crippen molar-refractivity contribution in [3.63, 3.8) is 0 Å². The van der Waals surface area contributed by atoms with E-state index in [1.807, 2.05) is 13.0 Å². The highest BCUT2D eigenvalue weighted by atomic mass is 16.5. The first-order valence-electron chi connectivity index (χ1n) is 11.5. The summed E-state index contributed by atoms with van der Waals surface area (Å²) in [5.74, 6) is -0.660. The number of fused-ring (bicyclic) bond motifs is 4. The lowest BCUT2D eigenvalue weighted by molar-refractivity contribution is -0.153. The minimum atomic E-state index is -0.898. The van der Waals surface area contributed by atoms with Crippen LogP contribution in [0, 0.1) is 5.92 Å². The molecular formula is C24H29N3O5. The molecule has 1 aliphatic carbocycles. The van der Waals surface area contributed by atoms with Crippen LogP contribution < -0.4 is 4.90 Å². The fourth-order valence-corrected chi connectivity index (χ4v) is 6.32. The first-order chi connectivity index (χ1) is 15.4. The van der Waals surface area contributed by atoms with Gasteiger partial charge in [0.2, 0.25) is 11.8 Å². The quantitative estimate of drug-likeness (QED) is 0.675. The molecule has 3 fully saturated rings. The lowest BCUT2D eigenvalue weighted by atomic mass is 9.84. The molecule has 3 amide bonds. The molecule has 0 bridgehead atoms. The van der Waals surface area contributed by atoms with Gasteiger partial charge in [-0.25, -0.2) is 4.79 Å². The number of esters is 1. The summed E-state index contributed by atoms with van der Waals surface area (Å²) < 4.78 is 5.02. The normalized spacial score (nSPS) is 31.3. The van der Waals surface area contributed by atoms with Gasteiger partial charge in [-0.2, -0.15) is 0 Å². The molecule has 1 aromatic carbocycles. The van der Waals surface area contributed by atoms with Crippen molar-refractivity contribution >= 4 is 29.4 Å². The minimum absolute atomic E-state index is 0.00153. The zero-order valence-electron chi connectivity index (χ0n) is 18.6. The van der Waals surface area contributed by atoms with Crippen LogP contribution in [0.15, 0.2) is 24.3 Å². The molecule has 8 nitrogen and oxygen atoms in total. The van der Waals surface area contributed by atoms with E-state index in [1.165, 1.54) is 12.0 Å². The van der Waals surface area contributed by atoms with E-state index in [9.17, 15) is 19.2 Å². The predicted octanol–water partition coefficient (Wildman–Crippen LogP) is 2.32. The van der Waals surface area contributed by atoms with Crippen LogP contribution in [0.25, 0.3) is 0 Å². The number of carbonyl (C=O) groups excluding carboxylic acids is 4. The predicted molar refractivity (Wildman–Crippen MR) is 116 cm³/mol. The van der Waals surface area contributed by atoms with Crippen LogP contribution in [-0.4, -0.2) is 64.9 Å². The largest absolute Gasteiger partial charge is 0.467 e. The van der Waals surface area contributed by atoms with Gasteiger partial charge in [0.25, 0.3) is 5.91 Å². The van der Waals surface area contributed by atoms with Crippen molar-refractivity contribution in [2.24, 2.45) is 5.92 Å². The molecule has 1 saturated carbocycles. The number of ether oxygens (including phenoxy) is 1. The van der Waals surface area contributed by atoms with Gasteiger partial charge in [0.05, 0.1) is 18.4 Å². The van der Waals surface area contributed by atoms with Gasteiger partial charge < -0.3 is 14.5 Å². The first kappa shape index (κ1) is 21.0. The molecule has 1 aromatic rings. The summed E-state index contributed by atoms with van der Waals surface area (Å²) in [6.07, 6.45) is 5.39. The van der Waals surface area contributed by atoms with Crippen LogP contribution in [0.2, 0.25) is 0 Å². The molecule has 4 atom stereocenters. The summed E-state index contributed by atoms with van der Waals surface area (Å²) in [6.45, 7) is 1.69. The fourth-order valence-electron chi connectivity index (χ4n) is 6.32. The fraction of sp³-hybridized carbons (Fsp3) is 0.583. The molecule has 0 N–H and O–H groups in total. The molecule has 2 saturated heterocycles. The lowest BCUT2D eigenvalue weighted by Crippen LogP contribution is -2.64. The second kappa shape index (κ2) is 7.60. The number of carbonyl (C=O) groups is 4. The first-order valence-corrected chi connectivity index (χ1v) is 11.5. The Morgan fingerprint density at radius 2 is 1.91 bits per heavy atom. The van der Waals surface area contributed by atoms with E-state index >= 15 is 0 Å². The Hall–Kier alpha value is -2.90. The smallest absolute Gasteiger partial charge is 0.328 e. The maximum Gasteiger partial charge on any atom is 0.328 e. The summed E-state index contributed by atoms with van der Waals surface area (Å²) in [6, 6.07) is 6.45. The van der Waals surface area contributed by atoms with Gasteiger partial charge in [0.1, 0.15) is 18.2 Å². The van der Waals surface area contributed by atoms with Crippen molar-refractivity contribution in [3.8, 4) is 0 Å². The average Bonchev–Trinajstić information content (AvgIpc) is 3.34. The van der Waals surface area contributed by atoms with Gasteiger partial charge in [-0.3, -0.25) is 19.3 Å². The van der Waals surface area contributed by atoms with Crippen LogP contribution in [0.5, 0.6) is 0 Å². The van der Waals surface area contributed by atoms with Crippen molar-refractivity contribution in [1.82, 2.24) is 9.80 Å². The van der Waals surface area contributed by atoms with Crippen LogP contribution in [0.4, 0.5) is 5.69 Å². The monoisotopic (exact) mass is 439 g/mol. The number of hydrogen-bond acceptors (Lipinski definition) is 5. The van der Waals surface area contributed by atoms with E-state index < -0.39 is 17.7 Å². The van der Waals surface area contributed by atoms with Gasteiger partial charge in [-0.05, 0) is 50.7 Å². The van der Waals surface area contributed by atoms with E-state index in [-0.39, 0.29) is 36.2 Å². The van der Waals surface area contributed by atoms with Crippen LogP contribution in [0.1, 0.15) is 62.2 Å². The van der Waals surface area contributed by atoms with Crippen LogP contribution in [-0.2, 0) is 19.1 Å². The molecule has 170 valence electrons. The highest BCUT2D eigenvalue weighted by molar-refractivity contribution is 6.11. The second-order valence-electron chi connectivity index (χ2n) is 9.54. The Labute approximate surface area is 187 Å². The third kappa shape index (κ3) is 2.95. The molecule has 3 aliphatic heterocycles. The number of benzene rings is 1. The van der Waals surface area contributed by atoms with E-state index in [0.717, 1.165) is 25.7 Å². The summed E-state index contributed by atoms with van der Waals surface area (Å²) >= 11 is 0. The molecule has 0 spiro atoms. The van der Waals surface area contributed by atoms with E-state index in [0.29, 0.717) is 30.5 Å². The summed E-state index contributed by atoms with van der Waals surface area (Å²) in [7, 11) is 1.35. The topological polar surface area (TPSA) is 87.2 Å². The minimum Gasteiger partial charge on any atom is -0.467 e. The Balaban J connectivity index is 1.48. The third-order valence-electron chi connectivity index (χ3n) is 7.89. The Morgan fingerprint density at radius 1 is 1.16 bits per heavy atom. The number of anilines is 1. The highest BCUT2D eigenvalue weighted by Crippen LogP contribution is 2.45. The highest BCUT2D eigenvalue weighted by Gasteiger charge is 2.55. The molecule has 3 heterocycles. The number of likely N-dealkylation sites (tertiary alicyclic amines) is 1. The molecule has 4 aliphatic rings. The van der Waals surface area contributed by atoms with Crippen molar-refractivity contribution in [1.29, 1.82) is 0 Å². The van der Waals surface area contributed by atoms with Crippen molar-refractivity contribution in [2.75, 3.05) is 18.6 Å². The number of amides is 3. The van der Waals surface area contributed by atoms with Crippen LogP contribution >= 0.6 is 0 Å². The van der Waals surface area contributed by atoms with Gasteiger partial charge in [-0.15, -0.1) is 0 Å². The van der Waals surface area contributed by atoms with E-state index in [1.54, 1.807) is 28.0 Å². The van der Waals surface area contributed by atoms with Crippen molar-refractivity contribution in [3.05, 3.63) is 29.8 Å². The van der Waals surface area contributed by atoms with Gasteiger partial charge in [-0.1, -0.05) is 25.0 Å². The molecule has 0 radical (unpaired) electrons. The maximum absolute atomic E-state index is 13.7. The molecule has 4 unspecified atom stereocenters. The van der Waals surface area contributed by atoms with Crippen molar-refractivity contribution in [2.45, 2.75) is 69.6 Å². The molecule has 8 heteroatoms. The zero-order chi connectivity index (χ0) is 22.6. The third-order valence-corrected chi connectivity index (χ3v) is 7.89. The van der Waals surface area contributed by atoms with Gasteiger partial charge in [0.15, 0.2) is 0 Å². The molecule has 32 heavy (non-hydrogen) atoms.